The van der Waals surface area contributed by atoms with Crippen LogP contribution in [0.25, 0.3) is 0 Å². The average Bonchev–Trinajstić information content (AvgIpc) is 2.55. The largest absolute Gasteiger partial charge is 0.444 e. The Balaban J connectivity index is 2.11. The van der Waals surface area contributed by atoms with Gasteiger partial charge < -0.3 is 14.5 Å². The van der Waals surface area contributed by atoms with Crippen molar-refractivity contribution in [3.8, 4) is 0 Å². The standard InChI is InChI=1S/C18H23BrClFN2O3/c1-18(2,3)26-17(25)23-7-5-6-11(10-23)22(4)16(24)12-8-13(19)14(20)9-15(12)21/h8-9,11H,5-7,10H2,1-4H3/t11-/m1/s1. The zero-order valence-electron chi connectivity index (χ0n) is 15.3. The predicted octanol–water partition coefficient (Wildman–Crippen LogP) is 4.71. The molecule has 2 rings (SSSR count). The van der Waals surface area contributed by atoms with Crippen molar-refractivity contribution in [3.05, 3.63) is 33.0 Å². The van der Waals surface area contributed by atoms with Crippen LogP contribution in [0.15, 0.2) is 16.6 Å². The van der Waals surface area contributed by atoms with Crippen LogP contribution in [0.4, 0.5) is 9.18 Å². The number of likely N-dealkylation sites (tertiary alicyclic amines) is 1. The Morgan fingerprint density at radius 3 is 2.65 bits per heavy atom. The van der Waals surface area contributed by atoms with Crippen LogP contribution in [0.2, 0.25) is 5.02 Å². The number of benzene rings is 1. The average molecular weight is 450 g/mol. The number of amides is 2. The Morgan fingerprint density at radius 1 is 1.38 bits per heavy atom. The molecule has 8 heteroatoms. The first-order chi connectivity index (χ1) is 12.0. The summed E-state index contributed by atoms with van der Waals surface area (Å²) < 4.78 is 20.0. The Morgan fingerprint density at radius 2 is 2.04 bits per heavy atom. The third kappa shape index (κ3) is 5.10. The normalized spacial score (nSPS) is 17.8. The van der Waals surface area contributed by atoms with Crippen LogP contribution < -0.4 is 0 Å². The van der Waals surface area contributed by atoms with Crippen molar-refractivity contribution in [2.45, 2.75) is 45.3 Å². The third-order valence-corrected chi connectivity index (χ3v) is 5.35. The van der Waals surface area contributed by atoms with E-state index in [4.69, 9.17) is 16.3 Å². The van der Waals surface area contributed by atoms with Crippen LogP contribution in [0, 0.1) is 5.82 Å². The van der Waals surface area contributed by atoms with Crippen LogP contribution in [-0.4, -0.2) is 53.6 Å². The number of nitrogens with zero attached hydrogens (tertiary/aromatic N) is 2. The molecule has 0 spiro atoms. The molecule has 0 aromatic heterocycles. The SMILES string of the molecule is CN(C(=O)c1cc(Br)c(Cl)cc1F)[C@@H]1CCCN(C(=O)OC(C)(C)C)C1. The highest BCUT2D eigenvalue weighted by atomic mass is 79.9. The summed E-state index contributed by atoms with van der Waals surface area (Å²) in [6.45, 7) is 6.36. The Hall–Kier alpha value is -1.34. The molecule has 1 aliphatic rings. The number of hydrogen-bond acceptors (Lipinski definition) is 3. The van der Waals surface area contributed by atoms with Gasteiger partial charge in [-0.25, -0.2) is 9.18 Å². The van der Waals surface area contributed by atoms with Crippen LogP contribution in [-0.2, 0) is 4.74 Å². The van der Waals surface area contributed by atoms with E-state index in [0.29, 0.717) is 17.6 Å². The maximum Gasteiger partial charge on any atom is 0.410 e. The first-order valence-electron chi connectivity index (χ1n) is 8.39. The number of likely N-dealkylation sites (N-methyl/N-ethyl adjacent to an activating group) is 1. The van der Waals surface area contributed by atoms with E-state index in [1.54, 1.807) is 11.9 Å². The van der Waals surface area contributed by atoms with Crippen molar-refractivity contribution in [2.24, 2.45) is 0 Å². The van der Waals surface area contributed by atoms with Crippen molar-refractivity contribution in [1.82, 2.24) is 9.80 Å². The van der Waals surface area contributed by atoms with E-state index in [1.165, 1.54) is 11.0 Å². The summed E-state index contributed by atoms with van der Waals surface area (Å²) in [5.74, 6) is -1.12. The van der Waals surface area contributed by atoms with Gasteiger partial charge in [0.15, 0.2) is 0 Å². The second-order valence-corrected chi connectivity index (χ2v) is 8.65. The molecule has 2 amide bonds. The molecular formula is C18H23BrClFN2O3. The van der Waals surface area contributed by atoms with Gasteiger partial charge in [0, 0.05) is 30.7 Å². The van der Waals surface area contributed by atoms with Gasteiger partial charge in [-0.15, -0.1) is 0 Å². The summed E-state index contributed by atoms with van der Waals surface area (Å²) in [6.07, 6.45) is 1.08. The fourth-order valence-electron chi connectivity index (χ4n) is 2.81. The van der Waals surface area contributed by atoms with Gasteiger partial charge in [-0.2, -0.15) is 0 Å². The summed E-state index contributed by atoms with van der Waals surface area (Å²) in [4.78, 5) is 28.1. The Labute approximate surface area is 166 Å². The summed E-state index contributed by atoms with van der Waals surface area (Å²) in [5.41, 5.74) is -0.636. The molecule has 1 fully saturated rings. The van der Waals surface area contributed by atoms with Crippen LogP contribution >= 0.6 is 27.5 Å². The molecule has 0 saturated carbocycles. The lowest BCUT2D eigenvalue weighted by Crippen LogP contribution is -2.51. The van der Waals surface area contributed by atoms with Gasteiger partial charge in [0.2, 0.25) is 0 Å². The van der Waals surface area contributed by atoms with Gasteiger partial charge in [-0.1, -0.05) is 11.6 Å². The van der Waals surface area contributed by atoms with Gasteiger partial charge in [0.25, 0.3) is 5.91 Å². The fourth-order valence-corrected chi connectivity index (χ4v) is 3.30. The first-order valence-corrected chi connectivity index (χ1v) is 9.56. The second kappa shape index (κ2) is 8.13. The topological polar surface area (TPSA) is 49.9 Å². The maximum atomic E-state index is 14.2. The molecule has 1 aromatic rings. The predicted molar refractivity (Wildman–Crippen MR) is 102 cm³/mol. The lowest BCUT2D eigenvalue weighted by Gasteiger charge is -2.38. The van der Waals surface area contributed by atoms with Gasteiger partial charge >= 0.3 is 6.09 Å². The minimum absolute atomic E-state index is 0.0573. The van der Waals surface area contributed by atoms with Crippen molar-refractivity contribution >= 4 is 39.5 Å². The smallest absolute Gasteiger partial charge is 0.410 e. The van der Waals surface area contributed by atoms with Gasteiger partial charge in [-0.05, 0) is 61.7 Å². The molecule has 0 unspecified atom stereocenters. The molecule has 0 aliphatic carbocycles. The first kappa shape index (κ1) is 21.0. The number of carbonyl (C=O) groups is 2. The molecular weight excluding hydrogens is 427 g/mol. The molecule has 0 bridgehead atoms. The van der Waals surface area contributed by atoms with Crippen molar-refractivity contribution in [3.63, 3.8) is 0 Å². The van der Waals surface area contributed by atoms with E-state index < -0.39 is 23.4 Å². The summed E-state index contributed by atoms with van der Waals surface area (Å²) in [5, 5.41) is 0.204. The zero-order chi connectivity index (χ0) is 19.6. The maximum absolute atomic E-state index is 14.2. The van der Waals surface area contributed by atoms with Gasteiger partial charge in [0.1, 0.15) is 11.4 Å². The Bertz CT molecular complexity index is 708. The van der Waals surface area contributed by atoms with E-state index in [-0.39, 0.29) is 16.6 Å². The fraction of sp³-hybridized carbons (Fsp3) is 0.556. The molecule has 0 radical (unpaired) electrons. The summed E-state index contributed by atoms with van der Waals surface area (Å²) >= 11 is 9.07. The van der Waals surface area contributed by atoms with E-state index in [2.05, 4.69) is 15.9 Å². The zero-order valence-corrected chi connectivity index (χ0v) is 17.7. The van der Waals surface area contributed by atoms with Crippen molar-refractivity contribution < 1.29 is 18.7 Å². The highest BCUT2D eigenvalue weighted by Crippen LogP contribution is 2.27. The molecule has 1 aliphatic heterocycles. The molecule has 0 N–H and O–H groups in total. The minimum atomic E-state index is -0.671. The lowest BCUT2D eigenvalue weighted by atomic mass is 10.0. The molecule has 144 valence electrons. The van der Waals surface area contributed by atoms with Crippen LogP contribution in [0.1, 0.15) is 44.0 Å². The van der Waals surface area contributed by atoms with Crippen molar-refractivity contribution in [2.75, 3.05) is 20.1 Å². The second-order valence-electron chi connectivity index (χ2n) is 7.38. The summed E-state index contributed by atoms with van der Waals surface area (Å²) in [6, 6.07) is 2.28. The number of hydrogen-bond donors (Lipinski definition) is 0. The van der Waals surface area contributed by atoms with Crippen molar-refractivity contribution in [1.29, 1.82) is 0 Å². The number of halogens is 3. The highest BCUT2D eigenvalue weighted by molar-refractivity contribution is 9.10. The molecule has 1 atom stereocenters. The van der Waals surface area contributed by atoms with Crippen LogP contribution in [0.5, 0.6) is 0 Å². The number of rotatable bonds is 2. The molecule has 1 heterocycles. The molecule has 5 nitrogen and oxygen atoms in total. The monoisotopic (exact) mass is 448 g/mol. The number of piperidine rings is 1. The Kier molecular flexibility index (Phi) is 6.55. The third-order valence-electron chi connectivity index (χ3n) is 4.16. The van der Waals surface area contributed by atoms with E-state index in [0.717, 1.165) is 18.9 Å². The minimum Gasteiger partial charge on any atom is -0.444 e. The number of carbonyl (C=O) groups excluding carboxylic acids is 2. The molecule has 26 heavy (non-hydrogen) atoms. The van der Waals surface area contributed by atoms with E-state index in [9.17, 15) is 14.0 Å². The number of ether oxygens (including phenoxy) is 1. The van der Waals surface area contributed by atoms with E-state index >= 15 is 0 Å². The quantitative estimate of drug-likeness (QED) is 0.614. The molecule has 1 aromatic carbocycles. The van der Waals surface area contributed by atoms with E-state index in [1.807, 2.05) is 20.8 Å². The highest BCUT2D eigenvalue weighted by Gasteiger charge is 2.32. The van der Waals surface area contributed by atoms with Crippen LogP contribution in [0.3, 0.4) is 0 Å². The van der Waals surface area contributed by atoms with Gasteiger partial charge in [-0.3, -0.25) is 4.79 Å². The summed E-state index contributed by atoms with van der Waals surface area (Å²) in [7, 11) is 1.62. The lowest BCUT2D eigenvalue weighted by molar-refractivity contribution is 0.0122. The molecule has 1 saturated heterocycles. The van der Waals surface area contributed by atoms with Gasteiger partial charge in [0.05, 0.1) is 10.6 Å².